The Morgan fingerprint density at radius 2 is 1.76 bits per heavy atom. The first-order chi connectivity index (χ1) is 12.2. The molecule has 8 nitrogen and oxygen atoms in total. The molecule has 3 aromatic rings. The third-order valence-corrected chi connectivity index (χ3v) is 4.18. The lowest BCUT2D eigenvalue weighted by Gasteiger charge is -2.12. The Kier molecular flexibility index (Phi) is 3.79. The first-order valence-corrected chi connectivity index (χ1v) is 7.93. The van der Waals surface area contributed by atoms with Crippen molar-refractivity contribution in [1.29, 1.82) is 0 Å². The van der Waals surface area contributed by atoms with E-state index in [1.807, 2.05) is 6.07 Å². The number of nitrogens with zero attached hydrogens (tertiary/aromatic N) is 3. The smallest absolute Gasteiger partial charge is 0.278 e. The predicted octanol–water partition coefficient (Wildman–Crippen LogP) is 3.03. The minimum atomic E-state index is 0.368. The third kappa shape index (κ3) is 2.79. The highest BCUT2D eigenvalue weighted by Crippen LogP contribution is 2.41. The third-order valence-electron chi connectivity index (χ3n) is 4.18. The Morgan fingerprint density at radius 1 is 1.04 bits per heavy atom. The lowest BCUT2D eigenvalue weighted by molar-refractivity contribution is 0.324. The molecule has 1 saturated carbocycles. The summed E-state index contributed by atoms with van der Waals surface area (Å²) < 4.78 is 21.4. The van der Waals surface area contributed by atoms with Crippen LogP contribution in [-0.2, 0) is 0 Å². The van der Waals surface area contributed by atoms with Crippen molar-refractivity contribution in [1.82, 2.24) is 20.3 Å². The molecular weight excluding hydrogens is 324 g/mol. The number of benzene rings is 1. The highest BCUT2D eigenvalue weighted by molar-refractivity contribution is 5.67. The second-order valence-electron chi connectivity index (χ2n) is 5.82. The summed E-state index contributed by atoms with van der Waals surface area (Å²) in [6.45, 7) is 0. The van der Waals surface area contributed by atoms with Gasteiger partial charge in [0, 0.05) is 17.2 Å². The van der Waals surface area contributed by atoms with Gasteiger partial charge in [0.15, 0.2) is 17.2 Å². The van der Waals surface area contributed by atoms with E-state index in [0.29, 0.717) is 46.1 Å². The number of aromatic amines is 1. The predicted molar refractivity (Wildman–Crippen MR) is 88.9 cm³/mol. The Balaban J connectivity index is 1.69. The van der Waals surface area contributed by atoms with E-state index < -0.39 is 0 Å². The van der Waals surface area contributed by atoms with Crippen molar-refractivity contribution >= 4 is 0 Å². The second-order valence-corrected chi connectivity index (χ2v) is 5.82. The molecule has 0 amide bonds. The van der Waals surface area contributed by atoms with Gasteiger partial charge in [-0.25, -0.2) is 0 Å². The molecule has 130 valence electrons. The van der Waals surface area contributed by atoms with Crippen LogP contribution in [0, 0.1) is 0 Å². The summed E-state index contributed by atoms with van der Waals surface area (Å²) in [5, 5.41) is 11.3. The molecular formula is C17H18N4O4. The van der Waals surface area contributed by atoms with E-state index in [1.54, 1.807) is 33.5 Å². The van der Waals surface area contributed by atoms with Crippen LogP contribution in [0.25, 0.3) is 23.0 Å². The van der Waals surface area contributed by atoms with Crippen molar-refractivity contribution in [2.24, 2.45) is 0 Å². The molecule has 1 aliphatic carbocycles. The van der Waals surface area contributed by atoms with E-state index in [1.165, 1.54) is 12.8 Å². The van der Waals surface area contributed by atoms with Gasteiger partial charge in [-0.05, 0) is 31.0 Å². The minimum absolute atomic E-state index is 0.368. The van der Waals surface area contributed by atoms with Crippen molar-refractivity contribution in [3.8, 4) is 40.2 Å². The molecule has 0 spiro atoms. The van der Waals surface area contributed by atoms with Gasteiger partial charge in [0.05, 0.1) is 21.3 Å². The van der Waals surface area contributed by atoms with E-state index in [0.717, 1.165) is 5.69 Å². The first-order valence-electron chi connectivity index (χ1n) is 7.93. The zero-order chi connectivity index (χ0) is 17.4. The maximum atomic E-state index is 5.37. The molecule has 1 aromatic carbocycles. The topological polar surface area (TPSA) is 95.3 Å². The van der Waals surface area contributed by atoms with Crippen LogP contribution in [0.1, 0.15) is 24.5 Å². The standard InChI is InChI=1S/C17H18N4O4/c1-22-13-6-10(7-14(23-2)15(13)24-3)16-18-17(25-21-16)12-8-11(19-20-12)9-4-5-9/h6-9H,4-5H2,1-3H3,(H,19,20). The van der Waals surface area contributed by atoms with Crippen LogP contribution in [0.15, 0.2) is 22.7 Å². The van der Waals surface area contributed by atoms with Gasteiger partial charge in [-0.15, -0.1) is 0 Å². The average molecular weight is 342 g/mol. The Morgan fingerprint density at radius 3 is 2.36 bits per heavy atom. The summed E-state index contributed by atoms with van der Waals surface area (Å²) in [6.07, 6.45) is 2.39. The van der Waals surface area contributed by atoms with E-state index >= 15 is 0 Å². The van der Waals surface area contributed by atoms with E-state index in [9.17, 15) is 0 Å². The number of methoxy groups -OCH3 is 3. The molecule has 0 radical (unpaired) electrons. The summed E-state index contributed by atoms with van der Waals surface area (Å²) in [4.78, 5) is 4.44. The monoisotopic (exact) mass is 342 g/mol. The fraction of sp³-hybridized carbons (Fsp3) is 0.353. The molecule has 0 bridgehead atoms. The number of hydrogen-bond donors (Lipinski definition) is 1. The molecule has 0 aliphatic heterocycles. The van der Waals surface area contributed by atoms with Gasteiger partial charge in [-0.3, -0.25) is 5.10 Å². The number of H-pyrrole nitrogens is 1. The molecule has 2 aromatic heterocycles. The van der Waals surface area contributed by atoms with Crippen LogP contribution < -0.4 is 14.2 Å². The molecule has 0 unspecified atom stereocenters. The molecule has 2 heterocycles. The largest absolute Gasteiger partial charge is 0.493 e. The second kappa shape index (κ2) is 6.12. The number of ether oxygens (including phenoxy) is 3. The van der Waals surface area contributed by atoms with Gasteiger partial charge >= 0.3 is 0 Å². The van der Waals surface area contributed by atoms with Crippen LogP contribution in [0.4, 0.5) is 0 Å². The zero-order valence-corrected chi connectivity index (χ0v) is 14.2. The van der Waals surface area contributed by atoms with Crippen molar-refractivity contribution in [2.75, 3.05) is 21.3 Å². The SMILES string of the molecule is COc1cc(-c2noc(-c3cc(C4CC4)[nH]n3)n2)cc(OC)c1OC. The number of aromatic nitrogens is 4. The van der Waals surface area contributed by atoms with Crippen molar-refractivity contribution in [3.05, 3.63) is 23.9 Å². The van der Waals surface area contributed by atoms with Crippen molar-refractivity contribution < 1.29 is 18.7 Å². The first kappa shape index (κ1) is 15.5. The van der Waals surface area contributed by atoms with E-state index in [-0.39, 0.29) is 0 Å². The molecule has 1 fully saturated rings. The van der Waals surface area contributed by atoms with Crippen LogP contribution in [0.5, 0.6) is 17.2 Å². The summed E-state index contributed by atoms with van der Waals surface area (Å²) in [5.74, 6) is 2.94. The van der Waals surface area contributed by atoms with E-state index in [2.05, 4.69) is 20.3 Å². The Bertz CT molecular complexity index is 873. The van der Waals surface area contributed by atoms with Gasteiger partial charge < -0.3 is 18.7 Å². The average Bonchev–Trinajstić information content (AvgIpc) is 3.18. The molecule has 8 heteroatoms. The van der Waals surface area contributed by atoms with Gasteiger partial charge in [0.2, 0.25) is 11.6 Å². The fourth-order valence-corrected chi connectivity index (χ4v) is 2.70. The maximum Gasteiger partial charge on any atom is 0.278 e. The number of nitrogens with one attached hydrogen (secondary N) is 1. The van der Waals surface area contributed by atoms with Crippen molar-refractivity contribution in [3.63, 3.8) is 0 Å². The molecule has 25 heavy (non-hydrogen) atoms. The summed E-state index contributed by atoms with van der Waals surface area (Å²) >= 11 is 0. The summed E-state index contributed by atoms with van der Waals surface area (Å²) in [6, 6.07) is 5.51. The normalized spacial score (nSPS) is 13.7. The highest BCUT2D eigenvalue weighted by Gasteiger charge is 2.26. The van der Waals surface area contributed by atoms with Gasteiger partial charge in [-0.2, -0.15) is 10.1 Å². The molecule has 1 aliphatic rings. The van der Waals surface area contributed by atoms with Gasteiger partial charge in [0.25, 0.3) is 5.89 Å². The fourth-order valence-electron chi connectivity index (χ4n) is 2.70. The van der Waals surface area contributed by atoms with Crippen molar-refractivity contribution in [2.45, 2.75) is 18.8 Å². The number of hydrogen-bond acceptors (Lipinski definition) is 7. The van der Waals surface area contributed by atoms with Crippen LogP contribution in [-0.4, -0.2) is 41.7 Å². The van der Waals surface area contributed by atoms with Crippen LogP contribution in [0.2, 0.25) is 0 Å². The van der Waals surface area contributed by atoms with Crippen LogP contribution >= 0.6 is 0 Å². The lowest BCUT2D eigenvalue weighted by atomic mass is 10.1. The summed E-state index contributed by atoms with van der Waals surface area (Å²) in [7, 11) is 4.68. The van der Waals surface area contributed by atoms with Gasteiger partial charge in [0.1, 0.15) is 0 Å². The highest BCUT2D eigenvalue weighted by atomic mass is 16.5. The van der Waals surface area contributed by atoms with E-state index in [4.69, 9.17) is 18.7 Å². The minimum Gasteiger partial charge on any atom is -0.493 e. The summed E-state index contributed by atoms with van der Waals surface area (Å²) in [5.41, 5.74) is 2.46. The quantitative estimate of drug-likeness (QED) is 0.735. The Hall–Kier alpha value is -3.03. The Labute approximate surface area is 144 Å². The maximum absolute atomic E-state index is 5.37. The lowest BCUT2D eigenvalue weighted by Crippen LogP contribution is -1.96. The zero-order valence-electron chi connectivity index (χ0n) is 14.2. The molecule has 4 rings (SSSR count). The van der Waals surface area contributed by atoms with Gasteiger partial charge in [-0.1, -0.05) is 5.16 Å². The molecule has 1 N–H and O–H groups in total. The molecule has 0 saturated heterocycles. The van der Waals surface area contributed by atoms with Crippen LogP contribution in [0.3, 0.4) is 0 Å². The number of rotatable bonds is 6. The molecule has 0 atom stereocenters.